The van der Waals surface area contributed by atoms with Gasteiger partial charge < -0.3 is 4.57 Å². The third-order valence-electron chi connectivity index (χ3n) is 10.9. The van der Waals surface area contributed by atoms with E-state index in [4.69, 9.17) is 4.98 Å². The number of benzene rings is 6. The zero-order chi connectivity index (χ0) is 32.1. The van der Waals surface area contributed by atoms with Gasteiger partial charge in [0, 0.05) is 33.9 Å². The van der Waals surface area contributed by atoms with E-state index < -0.39 is 0 Å². The zero-order valence-corrected chi connectivity index (χ0v) is 26.7. The first-order chi connectivity index (χ1) is 24.3. The van der Waals surface area contributed by atoms with Crippen LogP contribution < -0.4 is 0 Å². The van der Waals surface area contributed by atoms with Crippen LogP contribution in [-0.2, 0) is 0 Å². The van der Waals surface area contributed by atoms with Crippen molar-refractivity contribution in [3.63, 3.8) is 0 Å². The summed E-state index contributed by atoms with van der Waals surface area (Å²) in [6.07, 6.45) is 13.7. The highest BCUT2D eigenvalue weighted by Gasteiger charge is 2.30. The fourth-order valence-electron chi connectivity index (χ4n) is 8.75. The van der Waals surface area contributed by atoms with Gasteiger partial charge in [0.2, 0.25) is 0 Å². The zero-order valence-electron chi connectivity index (χ0n) is 26.7. The Morgan fingerprint density at radius 2 is 1.20 bits per heavy atom. The molecule has 3 aliphatic rings. The van der Waals surface area contributed by atoms with Gasteiger partial charge in [0.05, 0.1) is 22.4 Å². The molecule has 0 bridgehead atoms. The average Bonchev–Trinajstić information content (AvgIpc) is 3.69. The van der Waals surface area contributed by atoms with Gasteiger partial charge in [-0.25, -0.2) is 4.98 Å². The first-order valence-electron chi connectivity index (χ1n) is 17.1. The highest BCUT2D eigenvalue weighted by molar-refractivity contribution is 6.20. The maximum atomic E-state index is 5.22. The Kier molecular flexibility index (Phi) is 5.53. The topological polar surface area (TPSA) is 17.8 Å². The predicted molar refractivity (Wildman–Crippen MR) is 205 cm³/mol. The Hall–Kier alpha value is -6.25. The van der Waals surface area contributed by atoms with Gasteiger partial charge in [-0.05, 0) is 86.1 Å². The first-order valence-corrected chi connectivity index (χ1v) is 17.1. The van der Waals surface area contributed by atoms with E-state index in [9.17, 15) is 0 Å². The molecule has 0 amide bonds. The molecule has 6 aromatic carbocycles. The third kappa shape index (κ3) is 3.80. The summed E-state index contributed by atoms with van der Waals surface area (Å²) < 4.78 is 2.43. The van der Waals surface area contributed by atoms with Gasteiger partial charge in [-0.2, -0.15) is 0 Å². The second-order valence-corrected chi connectivity index (χ2v) is 13.4. The smallest absolute Gasteiger partial charge is 0.0715 e. The summed E-state index contributed by atoms with van der Waals surface area (Å²) in [6, 6.07) is 48.8. The number of hydrogen-bond acceptors (Lipinski definition) is 1. The molecule has 11 rings (SSSR count). The molecule has 2 heteroatoms. The van der Waals surface area contributed by atoms with Crippen molar-refractivity contribution in [2.24, 2.45) is 5.92 Å². The summed E-state index contributed by atoms with van der Waals surface area (Å²) in [6.45, 7) is 0. The van der Waals surface area contributed by atoms with Crippen LogP contribution in [0.5, 0.6) is 0 Å². The molecule has 228 valence electrons. The Labute approximate surface area is 284 Å². The molecule has 0 fully saturated rings. The molecule has 2 atom stereocenters. The third-order valence-corrected chi connectivity index (χ3v) is 10.9. The van der Waals surface area contributed by atoms with Crippen molar-refractivity contribution in [2.75, 3.05) is 0 Å². The highest BCUT2D eigenvalue weighted by Crippen LogP contribution is 2.50. The molecule has 0 aliphatic heterocycles. The SMILES string of the molecule is C1=CC2C=Cc3c(c4ccccc4n3-c3ccc(-c4cc(-c5ccc6c7c(cccc57)-c5ccccc5-6)c5ccccc5n4)cc3)C2C=C1. The molecular formula is C47H30N2. The lowest BCUT2D eigenvalue weighted by molar-refractivity contribution is 0.693. The molecule has 3 aliphatic carbocycles. The molecule has 0 saturated carbocycles. The molecule has 0 radical (unpaired) electrons. The van der Waals surface area contributed by atoms with E-state index in [1.54, 1.807) is 0 Å². The largest absolute Gasteiger partial charge is 0.310 e. The Morgan fingerprint density at radius 1 is 0.510 bits per heavy atom. The van der Waals surface area contributed by atoms with E-state index in [1.165, 1.54) is 71.7 Å². The molecule has 0 N–H and O–H groups in total. The van der Waals surface area contributed by atoms with Crippen molar-refractivity contribution in [2.45, 2.75) is 5.92 Å². The minimum absolute atomic E-state index is 0.357. The summed E-state index contributed by atoms with van der Waals surface area (Å²) in [7, 11) is 0. The van der Waals surface area contributed by atoms with Gasteiger partial charge >= 0.3 is 0 Å². The normalized spacial score (nSPS) is 16.7. The van der Waals surface area contributed by atoms with Gasteiger partial charge in [-0.3, -0.25) is 0 Å². The summed E-state index contributed by atoms with van der Waals surface area (Å²) in [5.74, 6) is 0.761. The number of rotatable bonds is 3. The Morgan fingerprint density at radius 3 is 2.08 bits per heavy atom. The summed E-state index contributed by atoms with van der Waals surface area (Å²) in [5.41, 5.74) is 15.9. The molecule has 49 heavy (non-hydrogen) atoms. The molecular weight excluding hydrogens is 593 g/mol. The molecule has 2 aromatic heterocycles. The number of aromatic nitrogens is 2. The van der Waals surface area contributed by atoms with E-state index >= 15 is 0 Å². The van der Waals surface area contributed by atoms with E-state index in [2.05, 4.69) is 174 Å². The van der Waals surface area contributed by atoms with E-state index in [-0.39, 0.29) is 0 Å². The molecule has 2 heterocycles. The maximum Gasteiger partial charge on any atom is 0.0715 e. The lowest BCUT2D eigenvalue weighted by Gasteiger charge is -2.26. The van der Waals surface area contributed by atoms with Gasteiger partial charge in [-0.15, -0.1) is 0 Å². The summed E-state index contributed by atoms with van der Waals surface area (Å²) in [5, 5.41) is 5.12. The fourth-order valence-corrected chi connectivity index (χ4v) is 8.75. The molecule has 2 nitrogen and oxygen atoms in total. The van der Waals surface area contributed by atoms with Crippen molar-refractivity contribution in [1.82, 2.24) is 9.55 Å². The molecule has 2 unspecified atom stereocenters. The Balaban J connectivity index is 1.06. The minimum atomic E-state index is 0.357. The van der Waals surface area contributed by atoms with Crippen LogP contribution in [0.25, 0.3) is 89.0 Å². The number of fused-ring (bicyclic) bond motifs is 9. The van der Waals surface area contributed by atoms with Crippen molar-refractivity contribution >= 4 is 38.7 Å². The van der Waals surface area contributed by atoms with Crippen LogP contribution in [0.4, 0.5) is 0 Å². The van der Waals surface area contributed by atoms with Gasteiger partial charge in [0.15, 0.2) is 0 Å². The van der Waals surface area contributed by atoms with E-state index in [0.29, 0.717) is 11.8 Å². The summed E-state index contributed by atoms with van der Waals surface area (Å²) >= 11 is 0. The quantitative estimate of drug-likeness (QED) is 0.192. The van der Waals surface area contributed by atoms with Gasteiger partial charge in [0.25, 0.3) is 0 Å². The maximum absolute atomic E-state index is 5.22. The second kappa shape index (κ2) is 10.1. The van der Waals surface area contributed by atoms with Crippen LogP contribution in [0.3, 0.4) is 0 Å². The van der Waals surface area contributed by atoms with E-state index in [0.717, 1.165) is 22.5 Å². The van der Waals surface area contributed by atoms with Crippen LogP contribution in [0.15, 0.2) is 164 Å². The van der Waals surface area contributed by atoms with Crippen LogP contribution in [0.1, 0.15) is 17.2 Å². The monoisotopic (exact) mass is 622 g/mol. The fraction of sp³-hybridized carbons (Fsp3) is 0.0426. The number of para-hydroxylation sites is 2. The van der Waals surface area contributed by atoms with Crippen LogP contribution in [0, 0.1) is 5.92 Å². The average molecular weight is 623 g/mol. The number of nitrogens with zero attached hydrogens (tertiary/aromatic N) is 2. The van der Waals surface area contributed by atoms with Gasteiger partial charge in [-0.1, -0.05) is 134 Å². The van der Waals surface area contributed by atoms with Crippen LogP contribution >= 0.6 is 0 Å². The van der Waals surface area contributed by atoms with Crippen molar-refractivity contribution < 1.29 is 0 Å². The molecule has 8 aromatic rings. The highest BCUT2D eigenvalue weighted by atomic mass is 15.0. The van der Waals surface area contributed by atoms with E-state index in [1.807, 2.05) is 0 Å². The Bertz CT molecular complexity index is 2740. The van der Waals surface area contributed by atoms with Crippen molar-refractivity contribution in [1.29, 1.82) is 0 Å². The lowest BCUT2D eigenvalue weighted by atomic mass is 9.78. The van der Waals surface area contributed by atoms with Crippen LogP contribution in [-0.4, -0.2) is 9.55 Å². The number of pyridine rings is 1. The van der Waals surface area contributed by atoms with Crippen molar-refractivity contribution in [3.8, 4) is 50.3 Å². The van der Waals surface area contributed by atoms with Crippen molar-refractivity contribution in [3.05, 3.63) is 175 Å². The molecule has 0 spiro atoms. The standard InChI is InChI=1S/C47H30N2/c1-2-11-32-29(10-1)22-27-45-47(32)40-15-6-8-19-44(40)49(45)31-23-20-30(21-24-31)43-28-41(36-14-5-7-18-42(36)48-43)35-25-26-39-34-13-4-3-12-33(34)37-16-9-17-38(35)46(37)39/h1-29,32H. The lowest BCUT2D eigenvalue weighted by Crippen LogP contribution is -2.13. The minimum Gasteiger partial charge on any atom is -0.310 e. The number of allylic oxidation sites excluding steroid dienone is 5. The first kappa shape index (κ1) is 26.8. The molecule has 0 saturated heterocycles. The predicted octanol–water partition coefficient (Wildman–Crippen LogP) is 12.2. The second-order valence-electron chi connectivity index (χ2n) is 13.4. The summed E-state index contributed by atoms with van der Waals surface area (Å²) in [4.78, 5) is 5.22. The van der Waals surface area contributed by atoms with Crippen LogP contribution in [0.2, 0.25) is 0 Å². The van der Waals surface area contributed by atoms with Gasteiger partial charge in [0.1, 0.15) is 0 Å². The number of hydrogen-bond donors (Lipinski definition) is 0.